The molecule has 8 N–H and O–H groups in total. The van der Waals surface area contributed by atoms with E-state index in [4.69, 9.17) is 29.7 Å². The number of anilines is 1. The Morgan fingerprint density at radius 2 is 1.97 bits per heavy atom. The van der Waals surface area contributed by atoms with Crippen molar-refractivity contribution >= 4 is 24.0 Å². The second-order valence-electron chi connectivity index (χ2n) is 19.4. The predicted octanol–water partition coefficient (Wildman–Crippen LogP) is 5.15. The summed E-state index contributed by atoms with van der Waals surface area (Å²) in [6, 6.07) is 16.4. The first-order valence-electron chi connectivity index (χ1n) is 24.5. The van der Waals surface area contributed by atoms with Crippen LogP contribution in [0.15, 0.2) is 107 Å². The number of esters is 1. The van der Waals surface area contributed by atoms with E-state index in [1.54, 1.807) is 30.7 Å². The fourth-order valence-corrected chi connectivity index (χ4v) is 11.1. The molecule has 7 heterocycles. The Balaban J connectivity index is 0.948. The van der Waals surface area contributed by atoms with Crippen LogP contribution in [0.2, 0.25) is 0 Å². The highest BCUT2D eigenvalue weighted by Gasteiger charge is 2.53. The summed E-state index contributed by atoms with van der Waals surface area (Å²) in [6.07, 6.45) is 16.6. The normalized spacial score (nSPS) is 28.3. The number of guanidine groups is 1. The number of aliphatic imine (C=N–C) groups is 2. The molecule has 2 saturated heterocycles. The molecule has 70 heavy (non-hydrogen) atoms. The average molecular weight is 950 g/mol. The van der Waals surface area contributed by atoms with Crippen LogP contribution < -0.4 is 30.7 Å². The first-order chi connectivity index (χ1) is 34.0. The number of nitrogen functional groups attached to an aromatic ring is 1. The highest BCUT2D eigenvalue weighted by Crippen LogP contribution is 2.45. The topological polar surface area (TPSA) is 220 Å². The molecule has 1 saturated carbocycles. The van der Waals surface area contributed by atoms with Crippen molar-refractivity contribution in [2.75, 3.05) is 25.4 Å². The van der Waals surface area contributed by atoms with Crippen LogP contribution >= 0.6 is 0 Å². The molecule has 16 nitrogen and oxygen atoms in total. The number of nitrogens with two attached hydrogens (primary N) is 1. The zero-order valence-corrected chi connectivity index (χ0v) is 39.4. The molecule has 0 amide bonds. The maximum atomic E-state index is 12.5. The molecule has 5 aliphatic heterocycles. The van der Waals surface area contributed by atoms with Crippen LogP contribution in [-0.2, 0) is 33.5 Å². The number of carbonyl (C=O) groups is 1. The summed E-state index contributed by atoms with van der Waals surface area (Å²) in [6.45, 7) is 3.04. The third kappa shape index (κ3) is 10.6. The molecule has 6 aliphatic rings. The third-order valence-electron chi connectivity index (χ3n) is 14.5. The van der Waals surface area contributed by atoms with Gasteiger partial charge in [0.05, 0.1) is 30.3 Å². The van der Waals surface area contributed by atoms with Crippen molar-refractivity contribution in [1.29, 1.82) is 0 Å². The van der Waals surface area contributed by atoms with Crippen molar-refractivity contribution in [3.05, 3.63) is 119 Å². The van der Waals surface area contributed by atoms with E-state index in [9.17, 15) is 20.1 Å². The van der Waals surface area contributed by atoms with E-state index in [2.05, 4.69) is 49.7 Å². The highest BCUT2D eigenvalue weighted by molar-refractivity contribution is 5.82. The number of carbonyl (C=O) groups excluding carboxylic acids is 1. The maximum Gasteiger partial charge on any atom is 0.302 e. The maximum absolute atomic E-state index is 12.5. The van der Waals surface area contributed by atoms with Gasteiger partial charge < -0.3 is 50.6 Å². The molecule has 2 aromatic carbocycles. The predicted molar refractivity (Wildman–Crippen MR) is 262 cm³/mol. The SMILES string of the molecule is CC(=O)OC1CC(c2cc(O)c(O)c(OCCc3cccnc3)c2)OC(C2CC#CC3C(CCCC34CC([NH+]3C=C5N=CC=C5C3)NC(=NCCCc3ccnc(N)c3)N4)Oc3cc(ccc3O)C2)C1. The fourth-order valence-electron chi connectivity index (χ4n) is 11.1. The molecular weight excluding hydrogens is 889 g/mol. The van der Waals surface area contributed by atoms with Gasteiger partial charge in [0.1, 0.15) is 36.5 Å². The molecule has 1 aliphatic carbocycles. The molecule has 16 heteroatoms. The van der Waals surface area contributed by atoms with Crippen molar-refractivity contribution in [1.82, 2.24) is 20.6 Å². The van der Waals surface area contributed by atoms with Crippen LogP contribution in [0.25, 0.3) is 0 Å². The average Bonchev–Trinajstić information content (AvgIpc) is 3.96. The summed E-state index contributed by atoms with van der Waals surface area (Å²) in [7, 11) is 0. The summed E-state index contributed by atoms with van der Waals surface area (Å²) in [5, 5.41) is 40.9. The van der Waals surface area contributed by atoms with Crippen LogP contribution in [0.5, 0.6) is 28.7 Å². The quantitative estimate of drug-likeness (QED) is 0.0424. The van der Waals surface area contributed by atoms with E-state index in [-0.39, 0.29) is 53.7 Å². The number of aryl methyl sites for hydroxylation is 1. The number of nitrogens with zero attached hydrogens (tertiary/aromatic N) is 4. The number of pyridine rings is 2. The lowest BCUT2D eigenvalue weighted by Crippen LogP contribution is -3.14. The van der Waals surface area contributed by atoms with Gasteiger partial charge in [0.15, 0.2) is 35.1 Å². The lowest BCUT2D eigenvalue weighted by atomic mass is 9.68. The third-order valence-corrected chi connectivity index (χ3v) is 14.5. The number of hydrogen-bond acceptors (Lipinski definition) is 13. The molecule has 0 radical (unpaired) electrons. The number of rotatable bonds is 12. The number of ether oxygens (including phenoxy) is 4. The molecule has 9 atom stereocenters. The molecule has 364 valence electrons. The number of hydrogen-bond donors (Lipinski definition) is 7. The second kappa shape index (κ2) is 20.5. The van der Waals surface area contributed by atoms with E-state index >= 15 is 0 Å². The molecule has 10 rings (SSSR count). The van der Waals surface area contributed by atoms with Gasteiger partial charge in [0.2, 0.25) is 5.75 Å². The second-order valence-corrected chi connectivity index (χ2v) is 19.4. The van der Waals surface area contributed by atoms with Gasteiger partial charge in [-0.2, -0.15) is 0 Å². The summed E-state index contributed by atoms with van der Waals surface area (Å²) in [5.41, 5.74) is 11.3. The number of phenolic OH excluding ortho intramolecular Hbond substituents is 3. The number of fused-ring (bicyclic) bond motifs is 5. The van der Waals surface area contributed by atoms with Crippen LogP contribution in [0.1, 0.15) is 86.6 Å². The number of aromatic hydroxyl groups is 3. The smallest absolute Gasteiger partial charge is 0.302 e. The van der Waals surface area contributed by atoms with Crippen molar-refractivity contribution in [2.45, 2.75) is 114 Å². The minimum atomic E-state index is -0.619. The number of quaternary nitrogens is 1. The van der Waals surface area contributed by atoms with Crippen LogP contribution in [0, 0.1) is 23.7 Å². The summed E-state index contributed by atoms with van der Waals surface area (Å²) in [5.74, 6) is 7.68. The standard InChI is InChI=1S/C54H60N8O8/c1-33(63)68-40-27-46(70-47(28-40)39-25-44(65)52(66)49(26-39)67-21-15-35-7-4-17-56-30-35)37-8-2-9-41-45(69-48-23-36(22-37)11-12-43(48)64)10-3-16-54(41)29-51(62-31-38-14-20-57-42(38)32-62)60-53(61-54)59-18-5-6-34-13-19-58-50(55)24-34/h4,7,11-14,17,19-20,23-26,30,32,37,40-41,45-47,51,64-66H,3,5-6,8,10,15-16,18,21-22,27-29,31H2,1H3,(H2,55,58)(H2,59,60,61)/p+1. The molecule has 3 fully saturated rings. The summed E-state index contributed by atoms with van der Waals surface area (Å²) < 4.78 is 25.8. The van der Waals surface area contributed by atoms with Crippen LogP contribution in [-0.4, -0.2) is 93.1 Å². The van der Waals surface area contributed by atoms with Crippen LogP contribution in [0.3, 0.4) is 0 Å². The molecular formula is C54H61N8O8+. The minimum Gasteiger partial charge on any atom is -0.504 e. The molecule has 2 aromatic heterocycles. The Kier molecular flexibility index (Phi) is 13.6. The largest absolute Gasteiger partial charge is 0.504 e. The lowest BCUT2D eigenvalue weighted by molar-refractivity contribution is -0.869. The van der Waals surface area contributed by atoms with Gasteiger partial charge >= 0.3 is 5.97 Å². The van der Waals surface area contributed by atoms with Gasteiger partial charge in [-0.3, -0.25) is 24.7 Å². The van der Waals surface area contributed by atoms with Crippen molar-refractivity contribution in [3.63, 3.8) is 0 Å². The van der Waals surface area contributed by atoms with Gasteiger partial charge in [-0.05, 0) is 109 Å². The monoisotopic (exact) mass is 949 g/mol. The molecule has 9 unspecified atom stereocenters. The van der Waals surface area contributed by atoms with E-state index in [0.717, 1.165) is 73.4 Å². The van der Waals surface area contributed by atoms with E-state index < -0.39 is 29.8 Å². The number of aromatic nitrogens is 2. The number of phenols is 3. The highest BCUT2D eigenvalue weighted by atomic mass is 16.6. The van der Waals surface area contributed by atoms with Gasteiger partial charge in [-0.15, -0.1) is 5.92 Å². The first kappa shape index (κ1) is 46.6. The van der Waals surface area contributed by atoms with Gasteiger partial charge in [0.25, 0.3) is 0 Å². The van der Waals surface area contributed by atoms with Gasteiger partial charge in [-0.1, -0.05) is 18.1 Å². The molecule has 2 bridgehead atoms. The number of allylic oxidation sites excluding steroid dienone is 1. The number of benzene rings is 2. The number of nitrogens with one attached hydrogen (secondary N) is 3. The van der Waals surface area contributed by atoms with Crippen LogP contribution in [0.4, 0.5) is 5.82 Å². The van der Waals surface area contributed by atoms with Crippen molar-refractivity contribution in [2.24, 2.45) is 21.8 Å². The Bertz CT molecular complexity index is 2770. The summed E-state index contributed by atoms with van der Waals surface area (Å²) in [4.78, 5) is 31.9. The zero-order valence-electron chi connectivity index (χ0n) is 39.4. The lowest BCUT2D eigenvalue weighted by Gasteiger charge is -2.51. The Morgan fingerprint density at radius 3 is 2.81 bits per heavy atom. The zero-order chi connectivity index (χ0) is 48.2. The minimum absolute atomic E-state index is 0.0328. The first-order valence-corrected chi connectivity index (χ1v) is 24.5. The van der Waals surface area contributed by atoms with Crippen molar-refractivity contribution in [3.8, 4) is 40.6 Å². The van der Waals surface area contributed by atoms with Crippen molar-refractivity contribution < 1.29 is 44.0 Å². The Hall–Kier alpha value is -7.09. The Labute approximate surface area is 407 Å². The van der Waals surface area contributed by atoms with E-state index in [0.29, 0.717) is 55.8 Å². The summed E-state index contributed by atoms with van der Waals surface area (Å²) >= 11 is 0. The van der Waals surface area contributed by atoms with Gasteiger partial charge in [-0.25, -0.2) is 4.98 Å². The fraction of sp³-hybridized carbons (Fsp3) is 0.426. The Morgan fingerprint density at radius 1 is 1.06 bits per heavy atom. The van der Waals surface area contributed by atoms with Gasteiger partial charge in [0, 0.05) is 81.9 Å². The van der Waals surface area contributed by atoms with E-state index in [1.807, 2.05) is 42.6 Å². The van der Waals surface area contributed by atoms with E-state index in [1.165, 1.54) is 23.5 Å². The molecule has 1 spiro atoms. The molecule has 4 aromatic rings.